The van der Waals surface area contributed by atoms with Crippen LogP contribution >= 0.6 is 8.58 Å². The second kappa shape index (κ2) is 7.48. The molecule has 2 N–H and O–H groups in total. The van der Waals surface area contributed by atoms with E-state index in [4.69, 9.17) is 4.74 Å². The minimum absolute atomic E-state index is 0.0784. The Balaban J connectivity index is 1.56. The molecule has 0 saturated carbocycles. The fourth-order valence-electron chi connectivity index (χ4n) is 2.97. The number of halogens is 1. The van der Waals surface area contributed by atoms with Gasteiger partial charge in [0, 0.05) is 6.54 Å². The Morgan fingerprint density at radius 3 is 2.19 bits per heavy atom. The van der Waals surface area contributed by atoms with Gasteiger partial charge in [-0.3, -0.25) is 0 Å². The quantitative estimate of drug-likeness (QED) is 0.737. The van der Waals surface area contributed by atoms with Crippen molar-refractivity contribution in [3.8, 4) is 16.9 Å². The minimum atomic E-state index is -1.29. The monoisotopic (exact) mass is 373 g/mol. The third kappa shape index (κ3) is 3.68. The largest absolute Gasteiger partial charge is 0.497 e. The summed E-state index contributed by atoms with van der Waals surface area (Å²) in [7, 11) is 1.74. The predicted molar refractivity (Wildman–Crippen MR) is 108 cm³/mol. The molecule has 138 valence electrons. The molecule has 0 aromatic heterocycles. The van der Waals surface area contributed by atoms with Crippen LogP contribution in [0.4, 0.5) is 4.39 Å². The summed E-state index contributed by atoms with van der Waals surface area (Å²) in [5.41, 5.74) is 2.10. The lowest BCUT2D eigenvalue weighted by molar-refractivity contribution is -0.0520. The van der Waals surface area contributed by atoms with E-state index in [1.807, 2.05) is 43.3 Å². The van der Waals surface area contributed by atoms with Crippen molar-refractivity contribution in [1.82, 2.24) is 5.32 Å². The zero-order valence-electron chi connectivity index (χ0n) is 15.3. The topological polar surface area (TPSA) is 41.5 Å². The summed E-state index contributed by atoms with van der Waals surface area (Å²) in [6.45, 7) is 4.02. The second-order valence-electron chi connectivity index (χ2n) is 6.91. The van der Waals surface area contributed by atoms with Crippen LogP contribution in [0.2, 0.25) is 0 Å². The van der Waals surface area contributed by atoms with Gasteiger partial charge in [0.1, 0.15) is 17.3 Å². The number of methoxy groups -OCH3 is 1. The Morgan fingerprint density at radius 1 is 1.12 bits per heavy atom. The number of nitrogens with one attached hydrogen (secondary N) is 1. The first-order valence-corrected chi connectivity index (χ1v) is 9.74. The molecule has 4 atom stereocenters. The molecule has 2 aromatic rings. The van der Waals surface area contributed by atoms with E-state index in [0.29, 0.717) is 6.54 Å². The van der Waals surface area contributed by atoms with E-state index >= 15 is 0 Å². The molecule has 0 amide bonds. The fourth-order valence-corrected chi connectivity index (χ4v) is 4.45. The van der Waals surface area contributed by atoms with Gasteiger partial charge in [-0.1, -0.05) is 57.1 Å². The summed E-state index contributed by atoms with van der Waals surface area (Å²) in [4.78, 5) is 0. The van der Waals surface area contributed by atoms with Gasteiger partial charge >= 0.3 is 0 Å². The van der Waals surface area contributed by atoms with Crippen LogP contribution in [0, 0.1) is 0 Å². The molecule has 0 spiro atoms. The zero-order valence-corrected chi connectivity index (χ0v) is 16.3. The highest BCUT2D eigenvalue weighted by Crippen LogP contribution is 2.58. The first kappa shape index (κ1) is 19.0. The fraction of sp³-hybridized carbons (Fsp3) is 0.333. The number of benzene rings is 2. The second-order valence-corrected chi connectivity index (χ2v) is 8.71. The molecule has 0 aliphatic carbocycles. The lowest BCUT2D eigenvalue weighted by Gasteiger charge is -2.55. The van der Waals surface area contributed by atoms with Crippen molar-refractivity contribution in [2.45, 2.75) is 30.6 Å². The summed E-state index contributed by atoms with van der Waals surface area (Å²) < 4.78 is 18.7. The van der Waals surface area contributed by atoms with Gasteiger partial charge in [0.25, 0.3) is 0 Å². The Hall–Kier alpha value is -1.74. The normalized spacial score (nSPS) is 29.0. The minimum Gasteiger partial charge on any atom is -0.497 e. The molecule has 26 heavy (non-hydrogen) atoms. The molecule has 1 aliphatic rings. The van der Waals surface area contributed by atoms with Gasteiger partial charge in [-0.15, -0.1) is 0 Å². The number of hydrogen-bond donors (Lipinski definition) is 2. The van der Waals surface area contributed by atoms with Crippen molar-refractivity contribution < 1.29 is 14.2 Å². The maximum Gasteiger partial charge on any atom is 0.148 e. The molecule has 3 nitrogen and oxygen atoms in total. The predicted octanol–water partition coefficient (Wildman–Crippen LogP) is 4.42. The van der Waals surface area contributed by atoms with E-state index in [9.17, 15) is 9.50 Å². The van der Waals surface area contributed by atoms with Gasteiger partial charge < -0.3 is 15.2 Å². The Labute approximate surface area is 156 Å². The maximum absolute atomic E-state index is 13.5. The molecule has 1 saturated heterocycles. The van der Waals surface area contributed by atoms with Crippen LogP contribution in [0.1, 0.15) is 19.4 Å². The summed E-state index contributed by atoms with van der Waals surface area (Å²) in [5.74, 6) is -0.283. The number of ether oxygens (including phenoxy) is 1. The van der Waals surface area contributed by atoms with Crippen LogP contribution in [0.25, 0.3) is 17.2 Å². The van der Waals surface area contributed by atoms with Crippen molar-refractivity contribution in [2.75, 3.05) is 13.7 Å². The third-order valence-electron chi connectivity index (χ3n) is 5.14. The van der Waals surface area contributed by atoms with Gasteiger partial charge in [-0.05, 0) is 42.7 Å². The highest BCUT2D eigenvalue weighted by Gasteiger charge is 2.60. The molecule has 2 unspecified atom stereocenters. The van der Waals surface area contributed by atoms with E-state index in [0.717, 1.165) is 22.4 Å². The van der Waals surface area contributed by atoms with Gasteiger partial charge in [0.05, 0.1) is 12.4 Å². The average molecular weight is 373 g/mol. The van der Waals surface area contributed by atoms with E-state index in [1.54, 1.807) is 14.0 Å². The van der Waals surface area contributed by atoms with Crippen LogP contribution in [0.5, 0.6) is 5.75 Å². The third-order valence-corrected chi connectivity index (χ3v) is 7.21. The molecule has 0 radical (unpaired) electrons. The molecular formula is C21H25FNO2P. The molecule has 1 fully saturated rings. The van der Waals surface area contributed by atoms with Gasteiger partial charge in [-0.2, -0.15) is 0 Å². The Bertz CT molecular complexity index is 774. The van der Waals surface area contributed by atoms with Crippen LogP contribution in [0.3, 0.4) is 0 Å². The lowest BCUT2D eigenvalue weighted by Crippen LogP contribution is -2.68. The van der Waals surface area contributed by atoms with Crippen LogP contribution in [-0.4, -0.2) is 35.6 Å². The Morgan fingerprint density at radius 2 is 1.69 bits per heavy atom. The van der Waals surface area contributed by atoms with E-state index < -0.39 is 16.8 Å². The molecule has 1 aliphatic heterocycles. The number of aliphatic hydroxyl groups is 1. The summed E-state index contributed by atoms with van der Waals surface area (Å²) >= 11 is 0. The highest BCUT2D eigenvalue weighted by molar-refractivity contribution is 7.43. The van der Waals surface area contributed by atoms with E-state index in [-0.39, 0.29) is 8.58 Å². The highest BCUT2D eigenvalue weighted by atomic mass is 31.1. The summed E-state index contributed by atoms with van der Waals surface area (Å²) in [5, 5.41) is 12.8. The maximum atomic E-state index is 13.5. The van der Waals surface area contributed by atoms with Crippen molar-refractivity contribution >= 4 is 14.7 Å². The number of hydrogen-bond acceptors (Lipinski definition) is 3. The zero-order chi connectivity index (χ0) is 18.8. The molecule has 2 aromatic carbocycles. The van der Waals surface area contributed by atoms with E-state index in [2.05, 4.69) is 29.6 Å². The number of alkyl halides is 1. The van der Waals surface area contributed by atoms with Gasteiger partial charge in [0.2, 0.25) is 0 Å². The smallest absolute Gasteiger partial charge is 0.148 e. The molecule has 0 bridgehead atoms. The average Bonchev–Trinajstić information content (AvgIpc) is 2.66. The van der Waals surface area contributed by atoms with E-state index in [1.165, 1.54) is 0 Å². The molecule has 5 heteroatoms. The van der Waals surface area contributed by atoms with Gasteiger partial charge in [-0.25, -0.2) is 4.39 Å². The SMILES string of the molecule is COc1ccc(-c2ccc(/C=C/CN[C@@]3(C)PC(F)[C@@]3(C)O)cc2)cc1. The lowest BCUT2D eigenvalue weighted by atomic mass is 9.96. The van der Waals surface area contributed by atoms with Crippen molar-refractivity contribution in [2.24, 2.45) is 0 Å². The van der Waals surface area contributed by atoms with Crippen molar-refractivity contribution in [1.29, 1.82) is 0 Å². The number of rotatable bonds is 6. The van der Waals surface area contributed by atoms with Crippen LogP contribution in [-0.2, 0) is 0 Å². The molecular weight excluding hydrogens is 348 g/mol. The summed E-state index contributed by atoms with van der Waals surface area (Å²) in [6, 6.07) is 16.3. The Kier molecular flexibility index (Phi) is 5.47. The first-order valence-electron chi connectivity index (χ1n) is 8.66. The molecule has 3 rings (SSSR count). The first-order chi connectivity index (χ1) is 12.4. The van der Waals surface area contributed by atoms with Gasteiger partial charge in [0.15, 0.2) is 0 Å². The molecule has 1 heterocycles. The van der Waals surface area contributed by atoms with Crippen LogP contribution in [0.15, 0.2) is 54.6 Å². The standard InChI is InChI=1S/C21H25FNO2P/c1-20(24)19(22)26-21(20,2)23-14-4-5-15-6-8-16(9-7-15)17-10-12-18(25-3)13-11-17/h4-13,19,23-24,26H,14H2,1-3H3/b5-4+/t19?,20-,21+/m1/s1. The van der Waals surface area contributed by atoms with Crippen LogP contribution < -0.4 is 10.1 Å². The summed E-state index contributed by atoms with van der Waals surface area (Å²) in [6.07, 6.45) is 4.03. The van der Waals surface area contributed by atoms with Crippen molar-refractivity contribution in [3.05, 3.63) is 60.2 Å². The van der Waals surface area contributed by atoms with Crippen molar-refractivity contribution in [3.63, 3.8) is 0 Å².